The van der Waals surface area contributed by atoms with Crippen LogP contribution in [0.5, 0.6) is 0 Å². The van der Waals surface area contributed by atoms with Gasteiger partial charge in [-0.2, -0.15) is 0 Å². The number of hydrogen-bond donors (Lipinski definition) is 1. The molecule has 0 aliphatic heterocycles. The summed E-state index contributed by atoms with van der Waals surface area (Å²) in [5.74, 6) is -0.179. The third kappa shape index (κ3) is 6.01. The second-order valence-corrected chi connectivity index (χ2v) is 4.71. The average Bonchev–Trinajstić information content (AvgIpc) is 2.38. The Bertz CT molecular complexity index is 311. The lowest BCUT2D eigenvalue weighted by Crippen LogP contribution is -2.29. The molecular weight excluding hydrogens is 227 g/mol. The Morgan fingerprint density at radius 1 is 1.06 bits per heavy atom. The summed E-state index contributed by atoms with van der Waals surface area (Å²) < 4.78 is 12.8. The fraction of sp³-hybridized carbons (Fsp3) is 0.600. The number of likely N-dealkylation sites (N-methyl/N-ethyl adjacent to an activating group) is 1. The number of unbranched alkanes of at least 4 members (excludes halogenated alkanes) is 3. The first-order valence-corrected chi connectivity index (χ1v) is 6.91. The minimum atomic E-state index is -0.179. The van der Waals surface area contributed by atoms with E-state index in [1.165, 1.54) is 37.8 Å². The maximum Gasteiger partial charge on any atom is 0.123 e. The van der Waals surface area contributed by atoms with Crippen LogP contribution < -0.4 is 10.2 Å². The molecule has 1 N–H and O–H groups in total. The number of anilines is 1. The van der Waals surface area contributed by atoms with Crippen LogP contribution in [-0.4, -0.2) is 26.7 Å². The molecule has 102 valence electrons. The van der Waals surface area contributed by atoms with Crippen LogP contribution >= 0.6 is 0 Å². The van der Waals surface area contributed by atoms with Gasteiger partial charge in [0.1, 0.15) is 5.82 Å². The summed E-state index contributed by atoms with van der Waals surface area (Å²) in [7, 11) is 2.03. The van der Waals surface area contributed by atoms with E-state index >= 15 is 0 Å². The Labute approximate surface area is 110 Å². The monoisotopic (exact) mass is 252 g/mol. The van der Waals surface area contributed by atoms with Gasteiger partial charge in [-0.15, -0.1) is 0 Å². The minimum absolute atomic E-state index is 0.179. The summed E-state index contributed by atoms with van der Waals surface area (Å²) in [4.78, 5) is 2.14. The van der Waals surface area contributed by atoms with E-state index in [0.29, 0.717) is 0 Å². The van der Waals surface area contributed by atoms with Gasteiger partial charge in [0.25, 0.3) is 0 Å². The molecule has 1 aromatic rings. The van der Waals surface area contributed by atoms with E-state index < -0.39 is 0 Å². The summed E-state index contributed by atoms with van der Waals surface area (Å²) >= 11 is 0. The summed E-state index contributed by atoms with van der Waals surface area (Å²) in [5, 5.41) is 3.44. The fourth-order valence-corrected chi connectivity index (χ4v) is 1.87. The molecule has 1 rings (SSSR count). The molecule has 0 unspecified atom stereocenters. The molecule has 0 saturated heterocycles. The van der Waals surface area contributed by atoms with Crippen molar-refractivity contribution >= 4 is 5.69 Å². The van der Waals surface area contributed by atoms with Crippen LogP contribution in [0.25, 0.3) is 0 Å². The highest BCUT2D eigenvalue weighted by Gasteiger charge is 2.00. The standard InChI is InChI=1S/C15H25FN2/c1-3-4-5-6-11-17-12-13-18(2)15-9-7-14(16)8-10-15/h7-10,17H,3-6,11-13H2,1-2H3. The predicted octanol–water partition coefficient (Wildman–Crippen LogP) is 3.43. The molecule has 18 heavy (non-hydrogen) atoms. The van der Waals surface area contributed by atoms with Gasteiger partial charge >= 0.3 is 0 Å². The predicted molar refractivity (Wildman–Crippen MR) is 76.7 cm³/mol. The largest absolute Gasteiger partial charge is 0.373 e. The Kier molecular flexibility index (Phi) is 7.42. The van der Waals surface area contributed by atoms with Gasteiger partial charge < -0.3 is 10.2 Å². The number of hydrogen-bond acceptors (Lipinski definition) is 2. The third-order valence-electron chi connectivity index (χ3n) is 3.10. The summed E-state index contributed by atoms with van der Waals surface area (Å²) in [5.41, 5.74) is 1.06. The number of nitrogens with one attached hydrogen (secondary N) is 1. The van der Waals surface area contributed by atoms with Gasteiger partial charge in [0.05, 0.1) is 0 Å². The number of nitrogens with zero attached hydrogens (tertiary/aromatic N) is 1. The lowest BCUT2D eigenvalue weighted by Gasteiger charge is -2.19. The number of halogens is 1. The van der Waals surface area contributed by atoms with Gasteiger partial charge in [-0.3, -0.25) is 0 Å². The van der Waals surface area contributed by atoms with E-state index in [1.807, 2.05) is 19.2 Å². The van der Waals surface area contributed by atoms with Crippen molar-refractivity contribution in [1.29, 1.82) is 0 Å². The molecule has 0 aliphatic rings. The van der Waals surface area contributed by atoms with Crippen LogP contribution in [0.3, 0.4) is 0 Å². The molecule has 0 saturated carbocycles. The SMILES string of the molecule is CCCCCCNCCN(C)c1ccc(F)cc1. The van der Waals surface area contributed by atoms with Crippen LogP contribution in [0.15, 0.2) is 24.3 Å². The molecule has 2 nitrogen and oxygen atoms in total. The van der Waals surface area contributed by atoms with Crippen LogP contribution in [0.2, 0.25) is 0 Å². The first-order chi connectivity index (χ1) is 8.74. The molecule has 0 spiro atoms. The highest BCUT2D eigenvalue weighted by Crippen LogP contribution is 2.12. The normalized spacial score (nSPS) is 10.6. The number of benzene rings is 1. The molecule has 0 aliphatic carbocycles. The number of rotatable bonds is 9. The molecule has 0 radical (unpaired) electrons. The highest BCUT2D eigenvalue weighted by molar-refractivity contribution is 5.45. The Morgan fingerprint density at radius 3 is 2.44 bits per heavy atom. The van der Waals surface area contributed by atoms with E-state index in [0.717, 1.165) is 25.3 Å². The zero-order valence-corrected chi connectivity index (χ0v) is 11.6. The summed E-state index contributed by atoms with van der Waals surface area (Å²) in [6.07, 6.45) is 5.19. The second-order valence-electron chi connectivity index (χ2n) is 4.71. The Balaban J connectivity index is 2.10. The smallest absolute Gasteiger partial charge is 0.123 e. The first-order valence-electron chi connectivity index (χ1n) is 6.91. The van der Waals surface area contributed by atoms with Crippen molar-refractivity contribution in [3.63, 3.8) is 0 Å². The van der Waals surface area contributed by atoms with Crippen LogP contribution in [0.4, 0.5) is 10.1 Å². The topological polar surface area (TPSA) is 15.3 Å². The van der Waals surface area contributed by atoms with E-state index in [1.54, 1.807) is 0 Å². The maximum atomic E-state index is 12.8. The van der Waals surface area contributed by atoms with Crippen LogP contribution in [0, 0.1) is 5.82 Å². The molecule has 0 amide bonds. The third-order valence-corrected chi connectivity index (χ3v) is 3.10. The zero-order valence-electron chi connectivity index (χ0n) is 11.6. The van der Waals surface area contributed by atoms with Crippen molar-refractivity contribution in [2.24, 2.45) is 0 Å². The van der Waals surface area contributed by atoms with Crippen molar-refractivity contribution in [3.05, 3.63) is 30.1 Å². The quantitative estimate of drug-likeness (QED) is 0.677. The van der Waals surface area contributed by atoms with E-state index in [4.69, 9.17) is 0 Å². The fourth-order valence-electron chi connectivity index (χ4n) is 1.87. The molecule has 0 atom stereocenters. The molecule has 0 heterocycles. The van der Waals surface area contributed by atoms with Crippen molar-refractivity contribution in [3.8, 4) is 0 Å². The van der Waals surface area contributed by atoms with E-state index in [-0.39, 0.29) is 5.82 Å². The highest BCUT2D eigenvalue weighted by atomic mass is 19.1. The molecular formula is C15H25FN2. The average molecular weight is 252 g/mol. The lowest BCUT2D eigenvalue weighted by molar-refractivity contribution is 0.597. The van der Waals surface area contributed by atoms with Gasteiger partial charge in [0.2, 0.25) is 0 Å². The lowest BCUT2D eigenvalue weighted by atomic mass is 10.2. The van der Waals surface area contributed by atoms with Crippen molar-refractivity contribution in [1.82, 2.24) is 5.32 Å². The van der Waals surface area contributed by atoms with Crippen molar-refractivity contribution in [2.45, 2.75) is 32.6 Å². The molecule has 0 aromatic heterocycles. The maximum absolute atomic E-state index is 12.8. The van der Waals surface area contributed by atoms with Gasteiger partial charge in [0.15, 0.2) is 0 Å². The van der Waals surface area contributed by atoms with Gasteiger partial charge in [0, 0.05) is 25.8 Å². The minimum Gasteiger partial charge on any atom is -0.373 e. The van der Waals surface area contributed by atoms with Gasteiger partial charge in [-0.05, 0) is 37.2 Å². The summed E-state index contributed by atoms with van der Waals surface area (Å²) in [6, 6.07) is 6.64. The van der Waals surface area contributed by atoms with Gasteiger partial charge in [-0.1, -0.05) is 26.2 Å². The summed E-state index contributed by atoms with van der Waals surface area (Å²) in [6.45, 7) is 5.24. The molecule has 3 heteroatoms. The van der Waals surface area contributed by atoms with E-state index in [2.05, 4.69) is 17.1 Å². The van der Waals surface area contributed by atoms with Crippen LogP contribution in [-0.2, 0) is 0 Å². The second kappa shape index (κ2) is 8.92. The molecule has 1 aromatic carbocycles. The van der Waals surface area contributed by atoms with Crippen molar-refractivity contribution in [2.75, 3.05) is 31.6 Å². The van der Waals surface area contributed by atoms with Gasteiger partial charge in [-0.25, -0.2) is 4.39 Å². The molecule has 0 fully saturated rings. The van der Waals surface area contributed by atoms with Crippen molar-refractivity contribution < 1.29 is 4.39 Å². The zero-order chi connectivity index (χ0) is 13.2. The first kappa shape index (κ1) is 15.0. The van der Waals surface area contributed by atoms with Crippen LogP contribution in [0.1, 0.15) is 32.6 Å². The molecule has 0 bridgehead atoms. The van der Waals surface area contributed by atoms with E-state index in [9.17, 15) is 4.39 Å². The Morgan fingerprint density at radius 2 is 1.78 bits per heavy atom. The Hall–Kier alpha value is -1.09.